The molecule has 0 saturated carbocycles. The van der Waals surface area contributed by atoms with Crippen molar-refractivity contribution in [3.8, 4) is 5.75 Å². The van der Waals surface area contributed by atoms with Crippen LogP contribution in [0.25, 0.3) is 0 Å². The largest absolute Gasteiger partial charge is 0.484 e. The van der Waals surface area contributed by atoms with E-state index >= 15 is 0 Å². The molecule has 126 valence electrons. The minimum atomic E-state index is -0.320. The van der Waals surface area contributed by atoms with Crippen molar-refractivity contribution in [2.24, 2.45) is 0 Å². The van der Waals surface area contributed by atoms with Gasteiger partial charge in [-0.2, -0.15) is 0 Å². The number of hydrogen-bond donors (Lipinski definition) is 0. The van der Waals surface area contributed by atoms with Crippen molar-refractivity contribution in [2.45, 2.75) is 13.0 Å². The van der Waals surface area contributed by atoms with E-state index in [4.69, 9.17) is 4.74 Å². The quantitative estimate of drug-likeness (QED) is 0.865. The molecule has 2 aromatic carbocycles. The van der Waals surface area contributed by atoms with Gasteiger partial charge in [-0.3, -0.25) is 4.79 Å². The Labute approximate surface area is 141 Å². The number of rotatable bonds is 4. The smallest absolute Gasteiger partial charge is 0.260 e. The number of piperazine rings is 1. The molecule has 1 atom stereocenters. The lowest BCUT2D eigenvalue weighted by atomic mass is 10.1. The Balaban J connectivity index is 1.53. The summed E-state index contributed by atoms with van der Waals surface area (Å²) in [7, 11) is 0. The van der Waals surface area contributed by atoms with Crippen LogP contribution in [0.15, 0.2) is 54.6 Å². The number of ether oxygens (including phenoxy) is 1. The van der Waals surface area contributed by atoms with Crippen LogP contribution in [0.4, 0.5) is 10.1 Å². The lowest BCUT2D eigenvalue weighted by Gasteiger charge is -2.41. The maximum Gasteiger partial charge on any atom is 0.260 e. The zero-order chi connectivity index (χ0) is 16.9. The number of benzene rings is 2. The van der Waals surface area contributed by atoms with Crippen LogP contribution in [0.1, 0.15) is 6.92 Å². The molecule has 1 saturated heterocycles. The normalized spacial score (nSPS) is 17.7. The second kappa shape index (κ2) is 7.34. The third-order valence-electron chi connectivity index (χ3n) is 4.24. The molecule has 0 bridgehead atoms. The molecule has 0 aromatic heterocycles. The Bertz CT molecular complexity index is 676. The van der Waals surface area contributed by atoms with Crippen molar-refractivity contribution in [2.75, 3.05) is 31.1 Å². The van der Waals surface area contributed by atoms with Crippen molar-refractivity contribution < 1.29 is 13.9 Å². The zero-order valence-electron chi connectivity index (χ0n) is 13.7. The summed E-state index contributed by atoms with van der Waals surface area (Å²) in [5, 5.41) is 0. The Morgan fingerprint density at radius 1 is 1.12 bits per heavy atom. The Kier molecular flexibility index (Phi) is 4.99. The van der Waals surface area contributed by atoms with E-state index in [9.17, 15) is 9.18 Å². The number of carbonyl (C=O) groups is 1. The molecule has 4 nitrogen and oxygen atoms in total. The number of anilines is 1. The third kappa shape index (κ3) is 3.85. The highest BCUT2D eigenvalue weighted by Crippen LogP contribution is 2.20. The van der Waals surface area contributed by atoms with E-state index in [1.165, 1.54) is 30.0 Å². The first kappa shape index (κ1) is 16.3. The van der Waals surface area contributed by atoms with E-state index in [1.54, 1.807) is 0 Å². The van der Waals surface area contributed by atoms with E-state index in [0.717, 1.165) is 6.54 Å². The predicted molar refractivity (Wildman–Crippen MR) is 91.7 cm³/mol. The van der Waals surface area contributed by atoms with Gasteiger partial charge in [0, 0.05) is 31.4 Å². The highest BCUT2D eigenvalue weighted by molar-refractivity contribution is 5.78. The minimum absolute atomic E-state index is 0.0241. The van der Waals surface area contributed by atoms with Gasteiger partial charge in [-0.15, -0.1) is 0 Å². The molecular formula is C19H21FN2O2. The fourth-order valence-corrected chi connectivity index (χ4v) is 2.95. The van der Waals surface area contributed by atoms with Crippen LogP contribution in [0.3, 0.4) is 0 Å². The molecule has 1 heterocycles. The van der Waals surface area contributed by atoms with Gasteiger partial charge in [0.25, 0.3) is 5.91 Å². The zero-order valence-corrected chi connectivity index (χ0v) is 13.7. The second-order valence-electron chi connectivity index (χ2n) is 5.96. The highest BCUT2D eigenvalue weighted by Gasteiger charge is 2.26. The van der Waals surface area contributed by atoms with Crippen LogP contribution >= 0.6 is 0 Å². The summed E-state index contributed by atoms with van der Waals surface area (Å²) in [6.45, 7) is 4.23. The SMILES string of the molecule is CC1CN(C(=O)COc2ccc(F)cc2)CCN1c1ccccc1. The van der Waals surface area contributed by atoms with Crippen molar-refractivity contribution in [3.63, 3.8) is 0 Å². The fraction of sp³-hybridized carbons (Fsp3) is 0.316. The third-order valence-corrected chi connectivity index (χ3v) is 4.24. The number of carbonyl (C=O) groups excluding carboxylic acids is 1. The molecule has 1 amide bonds. The van der Waals surface area contributed by atoms with Gasteiger partial charge in [0.2, 0.25) is 0 Å². The van der Waals surface area contributed by atoms with Gasteiger partial charge in [-0.05, 0) is 43.3 Å². The van der Waals surface area contributed by atoms with Gasteiger partial charge >= 0.3 is 0 Å². The van der Waals surface area contributed by atoms with Gasteiger partial charge in [0.15, 0.2) is 6.61 Å². The van der Waals surface area contributed by atoms with Crippen molar-refractivity contribution in [3.05, 3.63) is 60.4 Å². The summed E-state index contributed by atoms with van der Waals surface area (Å²) in [5.74, 6) is 0.138. The lowest BCUT2D eigenvalue weighted by Crippen LogP contribution is -2.54. The lowest BCUT2D eigenvalue weighted by molar-refractivity contribution is -0.134. The predicted octanol–water partition coefficient (Wildman–Crippen LogP) is 2.94. The number of para-hydroxylation sites is 1. The van der Waals surface area contributed by atoms with Crippen molar-refractivity contribution >= 4 is 11.6 Å². The first-order valence-corrected chi connectivity index (χ1v) is 8.11. The van der Waals surface area contributed by atoms with Crippen molar-refractivity contribution in [1.29, 1.82) is 0 Å². The first-order chi connectivity index (χ1) is 11.6. The van der Waals surface area contributed by atoms with E-state index in [-0.39, 0.29) is 24.4 Å². The number of hydrogen-bond acceptors (Lipinski definition) is 3. The minimum Gasteiger partial charge on any atom is -0.484 e. The Morgan fingerprint density at radius 3 is 2.50 bits per heavy atom. The molecule has 5 heteroatoms. The van der Waals surface area contributed by atoms with E-state index in [2.05, 4.69) is 24.0 Å². The van der Waals surface area contributed by atoms with Crippen LogP contribution in [0, 0.1) is 5.82 Å². The molecule has 1 aliphatic heterocycles. The van der Waals surface area contributed by atoms with Gasteiger partial charge in [0.1, 0.15) is 11.6 Å². The van der Waals surface area contributed by atoms with Gasteiger partial charge in [-0.1, -0.05) is 18.2 Å². The molecule has 0 spiro atoms. The topological polar surface area (TPSA) is 32.8 Å². The monoisotopic (exact) mass is 328 g/mol. The van der Waals surface area contributed by atoms with Crippen LogP contribution in [0.5, 0.6) is 5.75 Å². The average Bonchev–Trinajstić information content (AvgIpc) is 2.61. The highest BCUT2D eigenvalue weighted by atomic mass is 19.1. The second-order valence-corrected chi connectivity index (χ2v) is 5.96. The Morgan fingerprint density at radius 2 is 1.83 bits per heavy atom. The summed E-state index contributed by atoms with van der Waals surface area (Å²) in [4.78, 5) is 16.5. The van der Waals surface area contributed by atoms with Crippen LogP contribution < -0.4 is 9.64 Å². The number of nitrogens with zero attached hydrogens (tertiary/aromatic N) is 2. The molecule has 0 radical (unpaired) electrons. The molecule has 3 rings (SSSR count). The molecule has 1 fully saturated rings. The first-order valence-electron chi connectivity index (χ1n) is 8.11. The van der Waals surface area contributed by atoms with E-state index in [0.29, 0.717) is 18.8 Å². The molecule has 1 unspecified atom stereocenters. The van der Waals surface area contributed by atoms with Gasteiger partial charge < -0.3 is 14.5 Å². The molecule has 0 aliphatic carbocycles. The summed E-state index contributed by atoms with van der Waals surface area (Å²) < 4.78 is 18.3. The summed E-state index contributed by atoms with van der Waals surface area (Å²) >= 11 is 0. The van der Waals surface area contributed by atoms with Crippen molar-refractivity contribution in [1.82, 2.24) is 4.90 Å². The van der Waals surface area contributed by atoms with Crippen LogP contribution in [-0.4, -0.2) is 43.1 Å². The van der Waals surface area contributed by atoms with Crippen LogP contribution in [0.2, 0.25) is 0 Å². The van der Waals surface area contributed by atoms with E-state index in [1.807, 2.05) is 23.1 Å². The molecule has 1 aliphatic rings. The fourth-order valence-electron chi connectivity index (χ4n) is 2.95. The summed E-state index contributed by atoms with van der Waals surface area (Å²) in [6.07, 6.45) is 0. The van der Waals surface area contributed by atoms with Gasteiger partial charge in [0.05, 0.1) is 0 Å². The standard InChI is InChI=1S/C19H21FN2O2/c1-15-13-21(11-12-22(15)17-5-3-2-4-6-17)19(23)14-24-18-9-7-16(20)8-10-18/h2-10,15H,11-14H2,1H3. The van der Waals surface area contributed by atoms with E-state index < -0.39 is 0 Å². The molecular weight excluding hydrogens is 307 g/mol. The maximum absolute atomic E-state index is 12.9. The average molecular weight is 328 g/mol. The number of halogens is 1. The molecule has 24 heavy (non-hydrogen) atoms. The molecule has 2 aromatic rings. The van der Waals surface area contributed by atoms with Gasteiger partial charge in [-0.25, -0.2) is 4.39 Å². The van der Waals surface area contributed by atoms with Crippen LogP contribution in [-0.2, 0) is 4.79 Å². The number of amides is 1. The summed E-state index contributed by atoms with van der Waals surface area (Å²) in [6, 6.07) is 16.2. The molecule has 0 N–H and O–H groups in total. The summed E-state index contributed by atoms with van der Waals surface area (Å²) in [5.41, 5.74) is 1.18. The Hall–Kier alpha value is -2.56. The maximum atomic E-state index is 12.9.